The first-order chi connectivity index (χ1) is 8.81. The molecule has 1 aromatic heterocycles. The Kier molecular flexibility index (Phi) is 2.80. The second-order valence-corrected chi connectivity index (χ2v) is 4.48. The zero-order chi connectivity index (χ0) is 12.4. The number of nitrogens with one attached hydrogen (secondary N) is 1. The number of carbonyl (C=O) groups excluding carboxylic acids is 1. The minimum atomic E-state index is -0.0848. The van der Waals surface area contributed by atoms with Gasteiger partial charge in [0.1, 0.15) is 19.2 Å². The minimum Gasteiger partial charge on any atom is -0.324 e. The summed E-state index contributed by atoms with van der Waals surface area (Å²) in [4.78, 5) is 15.6. The number of nitrogens with zero attached hydrogens (tertiary/aromatic N) is 3. The SMILES string of the molecule is O=C(Cn1cncn1)Nc1ccc2c(c1)CCC2. The summed E-state index contributed by atoms with van der Waals surface area (Å²) in [6.07, 6.45) is 6.43. The van der Waals surface area contributed by atoms with Crippen LogP contribution in [-0.4, -0.2) is 20.7 Å². The molecule has 0 aliphatic heterocycles. The number of carbonyl (C=O) groups is 1. The number of anilines is 1. The van der Waals surface area contributed by atoms with Crippen LogP contribution in [-0.2, 0) is 24.2 Å². The molecule has 0 saturated heterocycles. The molecule has 1 heterocycles. The second kappa shape index (κ2) is 4.60. The minimum absolute atomic E-state index is 0.0848. The van der Waals surface area contributed by atoms with Crippen molar-refractivity contribution in [2.45, 2.75) is 25.8 Å². The molecule has 18 heavy (non-hydrogen) atoms. The lowest BCUT2D eigenvalue weighted by molar-refractivity contribution is -0.116. The van der Waals surface area contributed by atoms with Crippen LogP contribution in [0.15, 0.2) is 30.9 Å². The molecule has 5 heteroatoms. The van der Waals surface area contributed by atoms with Gasteiger partial charge in [0.05, 0.1) is 0 Å². The van der Waals surface area contributed by atoms with E-state index in [-0.39, 0.29) is 12.5 Å². The van der Waals surface area contributed by atoms with Crippen LogP contribution in [0.2, 0.25) is 0 Å². The monoisotopic (exact) mass is 242 g/mol. The highest BCUT2D eigenvalue weighted by atomic mass is 16.2. The van der Waals surface area contributed by atoms with Crippen LogP contribution in [0.5, 0.6) is 0 Å². The Morgan fingerprint density at radius 2 is 2.22 bits per heavy atom. The van der Waals surface area contributed by atoms with Gasteiger partial charge in [-0.1, -0.05) is 6.07 Å². The summed E-state index contributed by atoms with van der Waals surface area (Å²) in [5.41, 5.74) is 3.62. The summed E-state index contributed by atoms with van der Waals surface area (Å²) in [6, 6.07) is 6.14. The molecule has 1 N–H and O–H groups in total. The summed E-state index contributed by atoms with van der Waals surface area (Å²) >= 11 is 0. The summed E-state index contributed by atoms with van der Waals surface area (Å²) in [5, 5.41) is 6.78. The average molecular weight is 242 g/mol. The lowest BCUT2D eigenvalue weighted by atomic mass is 10.1. The molecule has 92 valence electrons. The molecule has 1 aliphatic carbocycles. The molecule has 0 spiro atoms. The van der Waals surface area contributed by atoms with E-state index < -0.39 is 0 Å². The summed E-state index contributed by atoms with van der Waals surface area (Å²) in [7, 11) is 0. The molecule has 1 aromatic carbocycles. The van der Waals surface area contributed by atoms with Crippen molar-refractivity contribution in [1.82, 2.24) is 14.8 Å². The molecule has 0 unspecified atom stereocenters. The van der Waals surface area contributed by atoms with Crippen molar-refractivity contribution < 1.29 is 4.79 Å². The molecule has 0 bridgehead atoms. The van der Waals surface area contributed by atoms with Crippen LogP contribution >= 0.6 is 0 Å². The van der Waals surface area contributed by atoms with E-state index in [9.17, 15) is 4.79 Å². The topological polar surface area (TPSA) is 59.8 Å². The predicted octanol–water partition coefficient (Wildman–Crippen LogP) is 1.41. The molecule has 1 aliphatic rings. The average Bonchev–Trinajstić information content (AvgIpc) is 2.98. The Morgan fingerprint density at radius 1 is 1.33 bits per heavy atom. The molecule has 0 saturated carbocycles. The van der Waals surface area contributed by atoms with Crippen molar-refractivity contribution >= 4 is 11.6 Å². The van der Waals surface area contributed by atoms with Gasteiger partial charge in [-0.25, -0.2) is 9.67 Å². The van der Waals surface area contributed by atoms with Gasteiger partial charge < -0.3 is 5.32 Å². The van der Waals surface area contributed by atoms with E-state index in [1.54, 1.807) is 0 Å². The number of rotatable bonds is 3. The first kappa shape index (κ1) is 11.0. The second-order valence-electron chi connectivity index (χ2n) is 4.48. The van der Waals surface area contributed by atoms with Gasteiger partial charge in [0.15, 0.2) is 0 Å². The van der Waals surface area contributed by atoms with E-state index in [0.29, 0.717) is 0 Å². The number of benzene rings is 1. The lowest BCUT2D eigenvalue weighted by Gasteiger charge is -2.07. The highest BCUT2D eigenvalue weighted by Crippen LogP contribution is 2.24. The van der Waals surface area contributed by atoms with Crippen LogP contribution in [0.3, 0.4) is 0 Å². The predicted molar refractivity (Wildman–Crippen MR) is 67.1 cm³/mol. The summed E-state index contributed by atoms with van der Waals surface area (Å²) < 4.78 is 1.50. The Labute approximate surface area is 105 Å². The maximum absolute atomic E-state index is 11.8. The fourth-order valence-electron chi connectivity index (χ4n) is 2.31. The molecular formula is C13H14N4O. The van der Waals surface area contributed by atoms with E-state index in [1.807, 2.05) is 6.07 Å². The van der Waals surface area contributed by atoms with Gasteiger partial charge in [0.2, 0.25) is 5.91 Å². The molecule has 0 atom stereocenters. The van der Waals surface area contributed by atoms with E-state index in [0.717, 1.165) is 18.5 Å². The molecule has 5 nitrogen and oxygen atoms in total. The number of hydrogen-bond acceptors (Lipinski definition) is 3. The first-order valence-electron chi connectivity index (χ1n) is 6.05. The summed E-state index contributed by atoms with van der Waals surface area (Å²) in [6.45, 7) is 0.192. The molecule has 3 rings (SSSR count). The highest BCUT2D eigenvalue weighted by Gasteiger charge is 2.11. The van der Waals surface area contributed by atoms with E-state index in [1.165, 1.54) is 34.9 Å². The van der Waals surface area contributed by atoms with Crippen LogP contribution in [0.4, 0.5) is 5.69 Å². The highest BCUT2D eigenvalue weighted by molar-refractivity contribution is 5.90. The Hall–Kier alpha value is -2.17. The zero-order valence-corrected chi connectivity index (χ0v) is 9.97. The molecule has 0 fully saturated rings. The fraction of sp³-hybridized carbons (Fsp3) is 0.308. The van der Waals surface area contributed by atoms with Gasteiger partial charge in [-0.2, -0.15) is 5.10 Å². The van der Waals surface area contributed by atoms with Gasteiger partial charge in [-0.3, -0.25) is 4.79 Å². The number of aromatic nitrogens is 3. The fourth-order valence-corrected chi connectivity index (χ4v) is 2.31. The van der Waals surface area contributed by atoms with Crippen LogP contribution in [0.25, 0.3) is 0 Å². The van der Waals surface area contributed by atoms with Crippen LogP contribution in [0.1, 0.15) is 17.5 Å². The van der Waals surface area contributed by atoms with Crippen LogP contribution in [0, 0.1) is 0 Å². The van der Waals surface area contributed by atoms with Crippen molar-refractivity contribution in [3.63, 3.8) is 0 Å². The molecule has 2 aromatic rings. The maximum atomic E-state index is 11.8. The number of aryl methyl sites for hydroxylation is 2. The van der Waals surface area contributed by atoms with Gasteiger partial charge in [-0.15, -0.1) is 0 Å². The van der Waals surface area contributed by atoms with Crippen molar-refractivity contribution in [2.75, 3.05) is 5.32 Å². The van der Waals surface area contributed by atoms with Crippen molar-refractivity contribution in [1.29, 1.82) is 0 Å². The Bertz CT molecular complexity index is 562. The summed E-state index contributed by atoms with van der Waals surface area (Å²) in [5.74, 6) is -0.0848. The zero-order valence-electron chi connectivity index (χ0n) is 9.97. The lowest BCUT2D eigenvalue weighted by Crippen LogP contribution is -2.19. The largest absolute Gasteiger partial charge is 0.324 e. The third kappa shape index (κ3) is 2.25. The van der Waals surface area contributed by atoms with Gasteiger partial charge in [-0.05, 0) is 42.5 Å². The first-order valence-corrected chi connectivity index (χ1v) is 6.05. The van der Waals surface area contributed by atoms with Gasteiger partial charge in [0.25, 0.3) is 0 Å². The Morgan fingerprint density at radius 3 is 3.06 bits per heavy atom. The van der Waals surface area contributed by atoms with Crippen molar-refractivity contribution in [3.8, 4) is 0 Å². The molecule has 0 radical (unpaired) electrons. The van der Waals surface area contributed by atoms with E-state index in [4.69, 9.17) is 0 Å². The number of amides is 1. The van der Waals surface area contributed by atoms with E-state index in [2.05, 4.69) is 27.5 Å². The number of hydrogen-bond donors (Lipinski definition) is 1. The third-order valence-corrected chi connectivity index (χ3v) is 3.15. The number of fused-ring (bicyclic) bond motifs is 1. The van der Waals surface area contributed by atoms with Gasteiger partial charge in [0, 0.05) is 5.69 Å². The quantitative estimate of drug-likeness (QED) is 0.885. The van der Waals surface area contributed by atoms with E-state index >= 15 is 0 Å². The normalized spacial score (nSPS) is 13.3. The standard InChI is InChI=1S/C13H14N4O/c18-13(7-17-9-14-8-15-17)16-12-5-4-10-2-1-3-11(10)6-12/h4-6,8-9H,1-3,7H2,(H,16,18). The van der Waals surface area contributed by atoms with Crippen molar-refractivity contribution in [2.24, 2.45) is 0 Å². The van der Waals surface area contributed by atoms with Crippen LogP contribution < -0.4 is 5.32 Å². The third-order valence-electron chi connectivity index (χ3n) is 3.15. The smallest absolute Gasteiger partial charge is 0.246 e. The Balaban J connectivity index is 1.67. The molecule has 1 amide bonds. The van der Waals surface area contributed by atoms with Gasteiger partial charge >= 0.3 is 0 Å². The molecular weight excluding hydrogens is 228 g/mol. The van der Waals surface area contributed by atoms with Crippen molar-refractivity contribution in [3.05, 3.63) is 42.0 Å². The maximum Gasteiger partial charge on any atom is 0.246 e.